The predicted molar refractivity (Wildman–Crippen MR) is 143 cm³/mol. The summed E-state index contributed by atoms with van der Waals surface area (Å²) < 4.78 is 26.2. The summed E-state index contributed by atoms with van der Waals surface area (Å²) in [4.78, 5) is 26.2. The van der Waals surface area contributed by atoms with Crippen LogP contribution in [0.2, 0.25) is 0 Å². The van der Waals surface area contributed by atoms with Gasteiger partial charge in [-0.25, -0.2) is 17.9 Å². The van der Waals surface area contributed by atoms with Gasteiger partial charge in [0.2, 0.25) is 10.0 Å². The van der Waals surface area contributed by atoms with Gasteiger partial charge in [-0.05, 0) is 111 Å². The first-order valence-electron chi connectivity index (χ1n) is 14.9. The van der Waals surface area contributed by atoms with Gasteiger partial charge in [0.05, 0.1) is 11.4 Å². The molecule has 7 nitrogen and oxygen atoms in total. The number of amides is 2. The molecular weight excluding hydrogens is 488 g/mol. The van der Waals surface area contributed by atoms with Crippen molar-refractivity contribution in [3.05, 3.63) is 0 Å². The standard InChI is InChI=1S/C29H48N2O5S/c1-5-20-24-16-18(32)10-13-29(24,4)23-11-14-28(3)21(8-9-22(28)25(23)26(20)33)17(2)12-15-30-27(34)31-37(35,36)19-6-7-19/h17-25,32H,5-16H2,1-4H3,(H2,30,31,34)/t17-,18-,20-,21?,22+,23+,24?,25+,28?,29?/m1/s1. The molecule has 8 heteroatoms. The van der Waals surface area contributed by atoms with Crippen molar-refractivity contribution < 1.29 is 23.1 Å². The van der Waals surface area contributed by atoms with E-state index in [2.05, 4.69) is 37.7 Å². The molecule has 10 atom stereocenters. The predicted octanol–water partition coefficient (Wildman–Crippen LogP) is 4.64. The van der Waals surface area contributed by atoms with Crippen LogP contribution in [0, 0.1) is 52.3 Å². The van der Waals surface area contributed by atoms with Gasteiger partial charge in [-0.1, -0.05) is 27.7 Å². The van der Waals surface area contributed by atoms with Crippen LogP contribution < -0.4 is 10.0 Å². The zero-order valence-corrected chi connectivity index (χ0v) is 24.0. The average Bonchev–Trinajstić information content (AvgIpc) is 3.63. The summed E-state index contributed by atoms with van der Waals surface area (Å²) in [6.07, 6.45) is 9.86. The average molecular weight is 537 g/mol. The molecule has 4 unspecified atom stereocenters. The second-order valence-electron chi connectivity index (χ2n) is 13.8. The Bertz CT molecular complexity index is 1010. The van der Waals surface area contributed by atoms with Crippen molar-refractivity contribution in [3.63, 3.8) is 0 Å². The third-order valence-electron chi connectivity index (χ3n) is 12.0. The first kappa shape index (κ1) is 27.4. The maximum absolute atomic E-state index is 14.1. The topological polar surface area (TPSA) is 113 Å². The third-order valence-corrected chi connectivity index (χ3v) is 13.8. The molecule has 0 aromatic carbocycles. The van der Waals surface area contributed by atoms with Crippen LogP contribution in [-0.2, 0) is 14.8 Å². The van der Waals surface area contributed by atoms with Crippen molar-refractivity contribution in [2.75, 3.05) is 6.54 Å². The summed E-state index contributed by atoms with van der Waals surface area (Å²) in [7, 11) is -3.53. The number of aliphatic hydroxyl groups excluding tert-OH is 1. The van der Waals surface area contributed by atoms with Gasteiger partial charge in [-0.2, -0.15) is 0 Å². The molecule has 0 spiro atoms. The zero-order valence-electron chi connectivity index (χ0n) is 23.2. The molecule has 5 aliphatic carbocycles. The molecule has 5 rings (SSSR count). The van der Waals surface area contributed by atoms with Gasteiger partial charge in [-0.15, -0.1) is 0 Å². The fourth-order valence-electron chi connectivity index (χ4n) is 9.85. The maximum atomic E-state index is 14.1. The Balaban J connectivity index is 1.25. The highest BCUT2D eigenvalue weighted by Gasteiger charge is 2.65. The van der Waals surface area contributed by atoms with E-state index >= 15 is 0 Å². The second kappa shape index (κ2) is 9.79. The Labute approximate surface area is 223 Å². The van der Waals surface area contributed by atoms with Gasteiger partial charge in [0.15, 0.2) is 0 Å². The highest BCUT2D eigenvalue weighted by atomic mass is 32.2. The van der Waals surface area contributed by atoms with E-state index in [9.17, 15) is 23.1 Å². The van der Waals surface area contributed by atoms with Crippen molar-refractivity contribution in [2.45, 2.75) is 110 Å². The maximum Gasteiger partial charge on any atom is 0.328 e. The third kappa shape index (κ3) is 4.66. The normalized spacial score (nSPS) is 44.4. The largest absolute Gasteiger partial charge is 0.393 e. The number of nitrogens with one attached hydrogen (secondary N) is 2. The van der Waals surface area contributed by atoms with E-state index in [4.69, 9.17) is 0 Å². The Kier molecular flexibility index (Phi) is 7.26. The number of carbonyl (C=O) groups excluding carboxylic acids is 2. The lowest BCUT2D eigenvalue weighted by Crippen LogP contribution is -2.60. The molecule has 37 heavy (non-hydrogen) atoms. The quantitative estimate of drug-likeness (QED) is 0.439. The van der Waals surface area contributed by atoms with Gasteiger partial charge in [-0.3, -0.25) is 4.79 Å². The molecule has 0 radical (unpaired) electrons. The number of sulfonamides is 1. The van der Waals surface area contributed by atoms with E-state index in [0.717, 1.165) is 57.8 Å². The summed E-state index contributed by atoms with van der Waals surface area (Å²) in [5.41, 5.74) is 0.283. The van der Waals surface area contributed by atoms with Crippen molar-refractivity contribution >= 4 is 21.8 Å². The number of ketones is 1. The minimum absolute atomic E-state index is 0.0784. The summed E-state index contributed by atoms with van der Waals surface area (Å²) >= 11 is 0. The SMILES string of the molecule is CC[C@H]1C(=O)[C@H]2[C@@H]3CCC([C@H](C)CCNC(=O)NS(=O)(=O)C4CC4)C3(C)CC[C@@H]2C2(C)CC[C@@H](O)CC12. The first-order valence-corrected chi connectivity index (χ1v) is 16.5. The highest BCUT2D eigenvalue weighted by molar-refractivity contribution is 7.90. The molecule has 2 amide bonds. The van der Waals surface area contributed by atoms with Crippen LogP contribution in [0.15, 0.2) is 0 Å². The fraction of sp³-hybridized carbons (Fsp3) is 0.931. The van der Waals surface area contributed by atoms with Gasteiger partial charge in [0, 0.05) is 18.4 Å². The molecule has 0 aromatic heterocycles. The minimum atomic E-state index is -3.53. The van der Waals surface area contributed by atoms with Crippen LogP contribution in [0.5, 0.6) is 0 Å². The van der Waals surface area contributed by atoms with E-state index in [1.54, 1.807) is 0 Å². The van der Waals surface area contributed by atoms with Crippen molar-refractivity contribution in [2.24, 2.45) is 52.3 Å². The Morgan fingerprint density at radius 2 is 1.70 bits per heavy atom. The molecule has 5 fully saturated rings. The van der Waals surface area contributed by atoms with Gasteiger partial charge >= 0.3 is 6.03 Å². The van der Waals surface area contributed by atoms with E-state index in [1.807, 2.05) is 0 Å². The number of hydrogen-bond donors (Lipinski definition) is 3. The summed E-state index contributed by atoms with van der Waals surface area (Å²) in [5, 5.41) is 12.8. The molecule has 3 N–H and O–H groups in total. The minimum Gasteiger partial charge on any atom is -0.393 e. The summed E-state index contributed by atoms with van der Waals surface area (Å²) in [5.74, 6) is 2.78. The lowest BCUT2D eigenvalue weighted by Gasteiger charge is -2.62. The van der Waals surface area contributed by atoms with Crippen molar-refractivity contribution in [3.8, 4) is 0 Å². The second-order valence-corrected chi connectivity index (χ2v) is 15.8. The van der Waals surface area contributed by atoms with Crippen LogP contribution in [-0.4, -0.2) is 43.2 Å². The van der Waals surface area contributed by atoms with Crippen LogP contribution >= 0.6 is 0 Å². The highest BCUT2D eigenvalue weighted by Crippen LogP contribution is 2.68. The molecule has 210 valence electrons. The Morgan fingerprint density at radius 1 is 1.03 bits per heavy atom. The van der Waals surface area contributed by atoms with Gasteiger partial charge in [0.1, 0.15) is 5.78 Å². The summed E-state index contributed by atoms with van der Waals surface area (Å²) in [6, 6.07) is -0.617. The van der Waals surface area contributed by atoms with Crippen LogP contribution in [0.3, 0.4) is 0 Å². The summed E-state index contributed by atoms with van der Waals surface area (Å²) in [6.45, 7) is 9.74. The molecule has 0 aliphatic heterocycles. The Morgan fingerprint density at radius 3 is 2.38 bits per heavy atom. The van der Waals surface area contributed by atoms with E-state index in [0.29, 0.717) is 54.8 Å². The fourth-order valence-corrected chi connectivity index (χ4v) is 11.1. The molecule has 5 saturated carbocycles. The van der Waals surface area contributed by atoms with Gasteiger partial charge < -0.3 is 10.4 Å². The number of rotatable bonds is 7. The van der Waals surface area contributed by atoms with E-state index < -0.39 is 21.3 Å². The lowest BCUT2D eigenvalue weighted by atomic mass is 9.42. The van der Waals surface area contributed by atoms with Crippen LogP contribution in [0.4, 0.5) is 4.79 Å². The Hall–Kier alpha value is -1.15. The molecule has 0 heterocycles. The number of fused-ring (bicyclic) bond motifs is 5. The number of urea groups is 1. The van der Waals surface area contributed by atoms with E-state index in [1.165, 1.54) is 0 Å². The lowest BCUT2D eigenvalue weighted by molar-refractivity contribution is -0.173. The van der Waals surface area contributed by atoms with Crippen LogP contribution in [0.1, 0.15) is 98.3 Å². The van der Waals surface area contributed by atoms with Crippen molar-refractivity contribution in [1.82, 2.24) is 10.0 Å². The molecule has 0 saturated heterocycles. The van der Waals surface area contributed by atoms with Crippen molar-refractivity contribution in [1.29, 1.82) is 0 Å². The monoisotopic (exact) mass is 536 g/mol. The number of hydrogen-bond acceptors (Lipinski definition) is 5. The smallest absolute Gasteiger partial charge is 0.328 e. The van der Waals surface area contributed by atoms with Gasteiger partial charge in [0.25, 0.3) is 0 Å². The number of aliphatic hydroxyl groups is 1. The molecule has 5 aliphatic rings. The zero-order chi connectivity index (χ0) is 26.8. The van der Waals surface area contributed by atoms with E-state index in [-0.39, 0.29) is 28.8 Å². The number of carbonyl (C=O) groups is 2. The molecule has 0 aromatic rings. The van der Waals surface area contributed by atoms with Crippen LogP contribution in [0.25, 0.3) is 0 Å². The first-order chi connectivity index (χ1) is 17.4. The molecular formula is C29H48N2O5S. The molecule has 0 bridgehead atoms. The number of Topliss-reactive ketones (excluding diaryl/α,β-unsaturated/α-hetero) is 1.